The van der Waals surface area contributed by atoms with Gasteiger partial charge < -0.3 is 9.30 Å². The van der Waals surface area contributed by atoms with Gasteiger partial charge in [-0.1, -0.05) is 6.92 Å². The van der Waals surface area contributed by atoms with Crippen LogP contribution in [0.5, 0.6) is 0 Å². The molecule has 2 aromatic rings. The molecule has 4 nitrogen and oxygen atoms in total. The number of methoxy groups -OCH3 is 1. The van der Waals surface area contributed by atoms with E-state index in [-0.39, 0.29) is 18.2 Å². The average Bonchev–Trinajstić information content (AvgIpc) is 2.67. The molecule has 1 aromatic heterocycles. The summed E-state index contributed by atoms with van der Waals surface area (Å²) in [5, 5.41) is 0. The lowest BCUT2D eigenvalue weighted by Gasteiger charge is -2.06. The summed E-state index contributed by atoms with van der Waals surface area (Å²) in [6, 6.07) is 4.47. The van der Waals surface area contributed by atoms with Crippen molar-refractivity contribution in [3.63, 3.8) is 0 Å². The summed E-state index contributed by atoms with van der Waals surface area (Å²) in [7, 11) is 1.34. The minimum atomic E-state index is -0.344. The molecule has 0 aliphatic rings. The molecule has 0 aliphatic carbocycles. The number of aryl methyl sites for hydroxylation is 1. The van der Waals surface area contributed by atoms with E-state index in [2.05, 4.69) is 9.72 Å². The lowest BCUT2D eigenvalue weighted by Crippen LogP contribution is -2.11. The highest BCUT2D eigenvalue weighted by molar-refractivity contribution is 5.78. The Morgan fingerprint density at radius 2 is 2.28 bits per heavy atom. The van der Waals surface area contributed by atoms with E-state index in [0.717, 1.165) is 18.5 Å². The highest BCUT2D eigenvalue weighted by Gasteiger charge is 2.14. The summed E-state index contributed by atoms with van der Waals surface area (Å²) >= 11 is 0. The van der Waals surface area contributed by atoms with Gasteiger partial charge in [0.2, 0.25) is 0 Å². The number of hydrogen-bond donors (Lipinski definition) is 0. The van der Waals surface area contributed by atoms with Crippen molar-refractivity contribution in [2.45, 2.75) is 26.3 Å². The largest absolute Gasteiger partial charge is 0.469 e. The zero-order chi connectivity index (χ0) is 13.1. The molecule has 0 amide bonds. The van der Waals surface area contributed by atoms with Crippen molar-refractivity contribution >= 4 is 17.0 Å². The molecule has 0 fully saturated rings. The minimum absolute atomic E-state index is 0.104. The number of imidazole rings is 1. The number of aromatic nitrogens is 2. The van der Waals surface area contributed by atoms with E-state index in [1.165, 1.54) is 19.2 Å². The van der Waals surface area contributed by atoms with E-state index in [1.54, 1.807) is 6.07 Å². The maximum Gasteiger partial charge on any atom is 0.313 e. The highest BCUT2D eigenvalue weighted by Crippen LogP contribution is 2.18. The third kappa shape index (κ3) is 2.34. The molecule has 0 aliphatic heterocycles. The number of hydrogen-bond acceptors (Lipinski definition) is 3. The van der Waals surface area contributed by atoms with E-state index >= 15 is 0 Å². The van der Waals surface area contributed by atoms with Gasteiger partial charge in [0.1, 0.15) is 18.1 Å². The molecule has 1 aromatic carbocycles. The Kier molecular flexibility index (Phi) is 3.60. The van der Waals surface area contributed by atoms with Crippen LogP contribution in [-0.2, 0) is 22.5 Å². The van der Waals surface area contributed by atoms with Crippen molar-refractivity contribution in [2.24, 2.45) is 0 Å². The van der Waals surface area contributed by atoms with Gasteiger partial charge in [-0.15, -0.1) is 0 Å². The summed E-state index contributed by atoms with van der Waals surface area (Å²) in [5.41, 5.74) is 1.42. The molecule has 0 bridgehead atoms. The topological polar surface area (TPSA) is 44.1 Å². The molecule has 18 heavy (non-hydrogen) atoms. The Labute approximate surface area is 104 Å². The molecule has 5 heteroatoms. The molecule has 0 saturated carbocycles. The van der Waals surface area contributed by atoms with Crippen LogP contribution in [0.15, 0.2) is 18.2 Å². The van der Waals surface area contributed by atoms with Gasteiger partial charge in [0, 0.05) is 12.6 Å². The van der Waals surface area contributed by atoms with Gasteiger partial charge in [0.05, 0.1) is 18.1 Å². The first-order valence-corrected chi connectivity index (χ1v) is 5.87. The SMILES string of the molecule is CCCn1c(CC(=O)OC)nc2cc(F)ccc21. The van der Waals surface area contributed by atoms with Crippen LogP contribution in [0.1, 0.15) is 19.2 Å². The number of ether oxygens (including phenoxy) is 1. The normalized spacial score (nSPS) is 10.8. The first-order chi connectivity index (χ1) is 8.65. The van der Waals surface area contributed by atoms with E-state index in [0.29, 0.717) is 11.3 Å². The first kappa shape index (κ1) is 12.5. The Morgan fingerprint density at radius 1 is 1.50 bits per heavy atom. The third-order valence-corrected chi connectivity index (χ3v) is 2.77. The van der Waals surface area contributed by atoms with Gasteiger partial charge in [-0.3, -0.25) is 4.79 Å². The Morgan fingerprint density at radius 3 is 2.94 bits per heavy atom. The van der Waals surface area contributed by atoms with E-state index in [9.17, 15) is 9.18 Å². The molecule has 0 spiro atoms. The van der Waals surface area contributed by atoms with Crippen molar-refractivity contribution in [1.82, 2.24) is 9.55 Å². The molecule has 2 rings (SSSR count). The van der Waals surface area contributed by atoms with Crippen molar-refractivity contribution in [3.8, 4) is 0 Å². The summed E-state index contributed by atoms with van der Waals surface area (Å²) in [4.78, 5) is 15.6. The number of benzene rings is 1. The van der Waals surface area contributed by atoms with Gasteiger partial charge in [-0.05, 0) is 18.6 Å². The van der Waals surface area contributed by atoms with Crippen LogP contribution < -0.4 is 0 Å². The van der Waals surface area contributed by atoms with Gasteiger partial charge in [-0.25, -0.2) is 9.37 Å². The van der Waals surface area contributed by atoms with Crippen LogP contribution >= 0.6 is 0 Å². The molecule has 0 unspecified atom stereocenters. The van der Waals surface area contributed by atoms with Crippen LogP contribution in [0.25, 0.3) is 11.0 Å². The number of halogens is 1. The van der Waals surface area contributed by atoms with E-state index < -0.39 is 0 Å². The van der Waals surface area contributed by atoms with Gasteiger partial charge in [0.15, 0.2) is 0 Å². The molecule has 1 heterocycles. The summed E-state index contributed by atoms with van der Waals surface area (Å²) in [6.45, 7) is 2.78. The average molecular weight is 250 g/mol. The van der Waals surface area contributed by atoms with Crippen LogP contribution in [0.2, 0.25) is 0 Å². The van der Waals surface area contributed by atoms with Crippen LogP contribution in [0.3, 0.4) is 0 Å². The number of carbonyl (C=O) groups excluding carboxylic acids is 1. The molecule has 0 radical (unpaired) electrons. The summed E-state index contributed by atoms with van der Waals surface area (Å²) in [5.74, 6) is -0.0549. The maximum absolute atomic E-state index is 13.2. The number of rotatable bonds is 4. The van der Waals surface area contributed by atoms with Crippen molar-refractivity contribution in [3.05, 3.63) is 29.8 Å². The Hall–Kier alpha value is -1.91. The molecule has 0 N–H and O–H groups in total. The fourth-order valence-electron chi connectivity index (χ4n) is 1.96. The Balaban J connectivity index is 2.49. The summed E-state index contributed by atoms with van der Waals surface area (Å²) < 4.78 is 19.7. The van der Waals surface area contributed by atoms with Crippen LogP contribution in [-0.4, -0.2) is 22.6 Å². The smallest absolute Gasteiger partial charge is 0.313 e. The number of esters is 1. The van der Waals surface area contributed by atoms with E-state index in [1.807, 2.05) is 11.5 Å². The molecular weight excluding hydrogens is 235 g/mol. The number of nitrogens with zero attached hydrogens (tertiary/aromatic N) is 2. The minimum Gasteiger partial charge on any atom is -0.469 e. The molecule has 96 valence electrons. The predicted octanol–water partition coefficient (Wildman–Crippen LogP) is 2.30. The van der Waals surface area contributed by atoms with Crippen molar-refractivity contribution in [1.29, 1.82) is 0 Å². The maximum atomic E-state index is 13.2. The van der Waals surface area contributed by atoms with Crippen molar-refractivity contribution in [2.75, 3.05) is 7.11 Å². The van der Waals surface area contributed by atoms with Crippen molar-refractivity contribution < 1.29 is 13.9 Å². The van der Waals surface area contributed by atoms with Crippen LogP contribution in [0, 0.1) is 5.82 Å². The molecular formula is C13H15FN2O2. The zero-order valence-corrected chi connectivity index (χ0v) is 10.4. The van der Waals surface area contributed by atoms with Gasteiger partial charge in [-0.2, -0.15) is 0 Å². The second-order valence-corrected chi connectivity index (χ2v) is 4.07. The quantitative estimate of drug-likeness (QED) is 0.782. The molecule has 0 atom stereocenters. The lowest BCUT2D eigenvalue weighted by molar-refractivity contribution is -0.139. The lowest BCUT2D eigenvalue weighted by atomic mass is 10.3. The van der Waals surface area contributed by atoms with Gasteiger partial charge in [0.25, 0.3) is 0 Å². The predicted molar refractivity (Wildman–Crippen MR) is 65.7 cm³/mol. The second kappa shape index (κ2) is 5.16. The van der Waals surface area contributed by atoms with Crippen LogP contribution in [0.4, 0.5) is 4.39 Å². The zero-order valence-electron chi connectivity index (χ0n) is 10.4. The Bertz CT molecular complexity index is 578. The summed E-state index contributed by atoms with van der Waals surface area (Å²) in [6.07, 6.45) is 1.02. The first-order valence-electron chi connectivity index (χ1n) is 5.87. The second-order valence-electron chi connectivity index (χ2n) is 4.07. The number of carbonyl (C=O) groups is 1. The fraction of sp³-hybridized carbons (Fsp3) is 0.385. The van der Waals surface area contributed by atoms with E-state index in [4.69, 9.17) is 0 Å². The third-order valence-electron chi connectivity index (χ3n) is 2.77. The number of fused-ring (bicyclic) bond motifs is 1. The highest BCUT2D eigenvalue weighted by atomic mass is 19.1. The molecule has 0 saturated heterocycles. The fourth-order valence-corrected chi connectivity index (χ4v) is 1.96. The standard InChI is InChI=1S/C13H15FN2O2/c1-3-6-16-11-5-4-9(14)7-10(11)15-12(16)8-13(17)18-2/h4-5,7H,3,6,8H2,1-2H3. The monoisotopic (exact) mass is 250 g/mol. The van der Waals surface area contributed by atoms with Gasteiger partial charge >= 0.3 is 5.97 Å².